The molecule has 0 fully saturated rings. The molecule has 102 valence electrons. The predicted molar refractivity (Wildman–Crippen MR) is 67.3 cm³/mol. The molecule has 1 aromatic heterocycles. The minimum Gasteiger partial charge on any atom is -0.479 e. The Bertz CT molecular complexity index is 337. The zero-order valence-corrected chi connectivity index (χ0v) is 11.0. The summed E-state index contributed by atoms with van der Waals surface area (Å²) < 4.78 is 10.5. The molecule has 0 radical (unpaired) electrons. The first-order valence-electron chi connectivity index (χ1n) is 6.26. The average Bonchev–Trinajstić information content (AvgIpc) is 2.85. The van der Waals surface area contributed by atoms with Gasteiger partial charge in [0.1, 0.15) is 5.76 Å². The monoisotopic (exact) mass is 255 g/mol. The molecule has 0 saturated carbocycles. The van der Waals surface area contributed by atoms with Crippen molar-refractivity contribution in [1.82, 2.24) is 4.90 Å². The summed E-state index contributed by atoms with van der Waals surface area (Å²) in [6, 6.07) is 3.77. The van der Waals surface area contributed by atoms with E-state index in [-0.39, 0.29) is 0 Å². The molecular formula is C13H21NO4. The lowest BCUT2D eigenvalue weighted by Crippen LogP contribution is -2.31. The average molecular weight is 255 g/mol. The second-order valence-corrected chi connectivity index (χ2v) is 4.02. The lowest BCUT2D eigenvalue weighted by molar-refractivity contribution is -0.150. The van der Waals surface area contributed by atoms with Gasteiger partial charge in [-0.25, -0.2) is 4.79 Å². The molecule has 0 aliphatic rings. The van der Waals surface area contributed by atoms with Gasteiger partial charge < -0.3 is 14.3 Å². The third-order valence-corrected chi connectivity index (χ3v) is 2.76. The Morgan fingerprint density at radius 1 is 1.56 bits per heavy atom. The second-order valence-electron chi connectivity index (χ2n) is 4.02. The Kier molecular flexibility index (Phi) is 6.46. The number of hydrogen-bond acceptors (Lipinski definition) is 4. The van der Waals surface area contributed by atoms with Gasteiger partial charge in [-0.2, -0.15) is 0 Å². The van der Waals surface area contributed by atoms with Crippen LogP contribution in [0.1, 0.15) is 26.0 Å². The molecule has 1 N–H and O–H groups in total. The first-order chi connectivity index (χ1) is 8.67. The smallest absolute Gasteiger partial charge is 0.332 e. The lowest BCUT2D eigenvalue weighted by Gasteiger charge is -2.21. The normalized spacial score (nSPS) is 12.8. The maximum Gasteiger partial charge on any atom is 0.332 e. The van der Waals surface area contributed by atoms with Gasteiger partial charge >= 0.3 is 5.97 Å². The van der Waals surface area contributed by atoms with E-state index in [0.29, 0.717) is 26.1 Å². The van der Waals surface area contributed by atoms with E-state index in [9.17, 15) is 4.79 Å². The van der Waals surface area contributed by atoms with E-state index in [1.54, 1.807) is 13.2 Å². The van der Waals surface area contributed by atoms with Crippen LogP contribution in [0.3, 0.4) is 0 Å². The fraction of sp³-hybridized carbons (Fsp3) is 0.615. The maximum atomic E-state index is 10.9. The number of aliphatic carboxylic acids is 1. The number of nitrogens with zero attached hydrogens (tertiary/aromatic N) is 1. The number of carboxylic acid groups (broad SMARTS) is 1. The summed E-state index contributed by atoms with van der Waals surface area (Å²) in [6.07, 6.45) is 1.40. The molecule has 5 nitrogen and oxygen atoms in total. The first-order valence-corrected chi connectivity index (χ1v) is 6.26. The van der Waals surface area contributed by atoms with Crippen molar-refractivity contribution in [2.24, 2.45) is 0 Å². The SMILES string of the molecule is CCOC(CCN(CC)Cc1ccco1)C(=O)O. The fourth-order valence-corrected chi connectivity index (χ4v) is 1.75. The first kappa shape index (κ1) is 14.7. The zero-order chi connectivity index (χ0) is 13.4. The molecular weight excluding hydrogens is 234 g/mol. The Balaban J connectivity index is 2.40. The number of carboxylic acids is 1. The highest BCUT2D eigenvalue weighted by molar-refractivity contribution is 5.72. The van der Waals surface area contributed by atoms with E-state index in [0.717, 1.165) is 12.3 Å². The number of ether oxygens (including phenoxy) is 1. The minimum atomic E-state index is -0.897. The van der Waals surface area contributed by atoms with Crippen molar-refractivity contribution in [3.63, 3.8) is 0 Å². The molecule has 18 heavy (non-hydrogen) atoms. The van der Waals surface area contributed by atoms with Gasteiger partial charge in [-0.15, -0.1) is 0 Å². The summed E-state index contributed by atoms with van der Waals surface area (Å²) >= 11 is 0. The minimum absolute atomic E-state index is 0.418. The van der Waals surface area contributed by atoms with Crippen LogP contribution >= 0.6 is 0 Å². The zero-order valence-electron chi connectivity index (χ0n) is 11.0. The van der Waals surface area contributed by atoms with Crippen LogP contribution in [-0.4, -0.2) is 41.8 Å². The number of rotatable bonds is 9. The van der Waals surface area contributed by atoms with Gasteiger partial charge in [-0.05, 0) is 32.0 Å². The highest BCUT2D eigenvalue weighted by Gasteiger charge is 2.18. The van der Waals surface area contributed by atoms with Crippen molar-refractivity contribution in [3.8, 4) is 0 Å². The van der Waals surface area contributed by atoms with Crippen LogP contribution in [0.4, 0.5) is 0 Å². The van der Waals surface area contributed by atoms with E-state index in [2.05, 4.69) is 4.90 Å². The van der Waals surface area contributed by atoms with Crippen LogP contribution in [0.25, 0.3) is 0 Å². The third-order valence-electron chi connectivity index (χ3n) is 2.76. The summed E-state index contributed by atoms with van der Waals surface area (Å²) in [7, 11) is 0. The van der Waals surface area contributed by atoms with Crippen LogP contribution in [0.15, 0.2) is 22.8 Å². The maximum absolute atomic E-state index is 10.9. The van der Waals surface area contributed by atoms with Crippen LogP contribution in [0, 0.1) is 0 Å². The molecule has 0 aliphatic heterocycles. The number of furan rings is 1. The van der Waals surface area contributed by atoms with Gasteiger partial charge in [0.2, 0.25) is 0 Å². The molecule has 1 heterocycles. The van der Waals surface area contributed by atoms with Gasteiger partial charge in [0.15, 0.2) is 6.10 Å². The summed E-state index contributed by atoms with van der Waals surface area (Å²) in [4.78, 5) is 13.1. The molecule has 0 amide bonds. The quantitative estimate of drug-likeness (QED) is 0.731. The van der Waals surface area contributed by atoms with Crippen LogP contribution in [0.2, 0.25) is 0 Å². The van der Waals surface area contributed by atoms with Crippen molar-refractivity contribution in [2.45, 2.75) is 32.9 Å². The Morgan fingerprint density at radius 3 is 2.83 bits per heavy atom. The standard InChI is InChI=1S/C13H21NO4/c1-3-14(10-11-6-5-9-18-11)8-7-12(13(15)16)17-4-2/h5-6,9,12H,3-4,7-8,10H2,1-2H3,(H,15,16). The van der Waals surface area contributed by atoms with Gasteiger partial charge in [-0.1, -0.05) is 6.92 Å². The molecule has 1 atom stereocenters. The summed E-state index contributed by atoms with van der Waals surface area (Å²) in [5.74, 6) is -0.00830. The van der Waals surface area contributed by atoms with Crippen molar-refractivity contribution < 1.29 is 19.1 Å². The largest absolute Gasteiger partial charge is 0.479 e. The molecule has 5 heteroatoms. The molecule has 0 aromatic carbocycles. The van der Waals surface area contributed by atoms with Crippen LogP contribution in [0.5, 0.6) is 0 Å². The van der Waals surface area contributed by atoms with Gasteiger partial charge in [-0.3, -0.25) is 4.90 Å². The predicted octanol–water partition coefficient (Wildman–Crippen LogP) is 1.98. The second kappa shape index (κ2) is 7.89. The molecule has 1 aromatic rings. The summed E-state index contributed by atoms with van der Waals surface area (Å²) in [5, 5.41) is 8.98. The lowest BCUT2D eigenvalue weighted by atomic mass is 10.2. The van der Waals surface area contributed by atoms with Gasteiger partial charge in [0, 0.05) is 13.2 Å². The highest BCUT2D eigenvalue weighted by Crippen LogP contribution is 2.08. The Hall–Kier alpha value is -1.33. The molecule has 0 spiro atoms. The highest BCUT2D eigenvalue weighted by atomic mass is 16.5. The van der Waals surface area contributed by atoms with E-state index >= 15 is 0 Å². The van der Waals surface area contributed by atoms with E-state index in [1.165, 1.54) is 0 Å². The summed E-state index contributed by atoms with van der Waals surface area (Å²) in [5.41, 5.74) is 0. The topological polar surface area (TPSA) is 62.9 Å². The summed E-state index contributed by atoms with van der Waals surface area (Å²) in [6.45, 7) is 6.48. The third kappa shape index (κ3) is 4.89. The van der Waals surface area contributed by atoms with Crippen molar-refractivity contribution in [1.29, 1.82) is 0 Å². The van der Waals surface area contributed by atoms with Crippen LogP contribution < -0.4 is 0 Å². The molecule has 0 bridgehead atoms. The fourth-order valence-electron chi connectivity index (χ4n) is 1.75. The van der Waals surface area contributed by atoms with Gasteiger partial charge in [0.05, 0.1) is 12.8 Å². The number of hydrogen-bond donors (Lipinski definition) is 1. The molecule has 1 unspecified atom stereocenters. The van der Waals surface area contributed by atoms with Crippen molar-refractivity contribution in [3.05, 3.63) is 24.2 Å². The Morgan fingerprint density at radius 2 is 2.33 bits per heavy atom. The van der Waals surface area contributed by atoms with Crippen molar-refractivity contribution in [2.75, 3.05) is 19.7 Å². The Labute approximate surface area is 107 Å². The number of carbonyl (C=O) groups is 1. The van der Waals surface area contributed by atoms with Crippen molar-refractivity contribution >= 4 is 5.97 Å². The van der Waals surface area contributed by atoms with E-state index in [1.807, 2.05) is 19.1 Å². The van der Waals surface area contributed by atoms with E-state index < -0.39 is 12.1 Å². The molecule has 0 aliphatic carbocycles. The van der Waals surface area contributed by atoms with Crippen LogP contribution in [-0.2, 0) is 16.1 Å². The van der Waals surface area contributed by atoms with Gasteiger partial charge in [0.25, 0.3) is 0 Å². The molecule has 0 saturated heterocycles. The molecule has 1 rings (SSSR count). The van der Waals surface area contributed by atoms with E-state index in [4.69, 9.17) is 14.3 Å².